The summed E-state index contributed by atoms with van der Waals surface area (Å²) in [4.78, 5) is 6.97. The topological polar surface area (TPSA) is 45.1 Å². The Morgan fingerprint density at radius 3 is 2.53 bits per heavy atom. The highest BCUT2D eigenvalue weighted by Gasteiger charge is 2.40. The van der Waals surface area contributed by atoms with Gasteiger partial charge in [0.25, 0.3) is 0 Å². The molecule has 2 atom stereocenters. The van der Waals surface area contributed by atoms with Crippen molar-refractivity contribution in [1.82, 2.24) is 19.8 Å². The van der Waals surface area contributed by atoms with Crippen molar-refractivity contribution < 1.29 is 0 Å². The van der Waals surface area contributed by atoms with E-state index in [4.69, 9.17) is 12.2 Å². The first-order valence-corrected chi connectivity index (χ1v) is 10.9. The summed E-state index contributed by atoms with van der Waals surface area (Å²) in [5.74, 6) is 0. The minimum absolute atomic E-state index is 0.0429. The zero-order valence-electron chi connectivity index (χ0n) is 17.8. The van der Waals surface area contributed by atoms with Crippen LogP contribution >= 0.6 is 12.2 Å². The smallest absolute Gasteiger partial charge is 0.170 e. The summed E-state index contributed by atoms with van der Waals surface area (Å²) in [5.41, 5.74) is 6.02. The van der Waals surface area contributed by atoms with E-state index in [1.807, 2.05) is 24.4 Å². The number of anilines is 1. The van der Waals surface area contributed by atoms with Crippen LogP contribution in [-0.4, -0.2) is 32.7 Å². The maximum atomic E-state index is 5.78. The van der Waals surface area contributed by atoms with Gasteiger partial charge in [0, 0.05) is 43.4 Å². The van der Waals surface area contributed by atoms with Crippen LogP contribution < -0.4 is 10.6 Å². The summed E-state index contributed by atoms with van der Waals surface area (Å²) >= 11 is 5.78. The van der Waals surface area contributed by atoms with E-state index in [1.54, 1.807) is 0 Å². The van der Waals surface area contributed by atoms with Crippen molar-refractivity contribution in [3.8, 4) is 0 Å². The Balaban J connectivity index is 1.55. The van der Waals surface area contributed by atoms with Gasteiger partial charge in [0.15, 0.2) is 5.11 Å². The molecule has 1 fully saturated rings. The Morgan fingerprint density at radius 1 is 1.10 bits per heavy atom. The van der Waals surface area contributed by atoms with Crippen molar-refractivity contribution in [2.75, 3.05) is 18.4 Å². The van der Waals surface area contributed by atoms with E-state index in [9.17, 15) is 0 Å². The average molecular weight is 420 g/mol. The number of hydrogen-bond donors (Lipinski definition) is 2. The molecule has 0 saturated carbocycles. The van der Waals surface area contributed by atoms with Gasteiger partial charge < -0.3 is 20.1 Å². The van der Waals surface area contributed by atoms with Gasteiger partial charge in [0.2, 0.25) is 0 Å². The Labute approximate surface area is 184 Å². The van der Waals surface area contributed by atoms with E-state index in [-0.39, 0.29) is 12.1 Å². The van der Waals surface area contributed by atoms with Crippen LogP contribution in [0, 0.1) is 13.8 Å². The zero-order chi connectivity index (χ0) is 21.1. The highest BCUT2D eigenvalue weighted by atomic mass is 32.1. The number of aromatic nitrogens is 2. The highest BCUT2D eigenvalue weighted by molar-refractivity contribution is 7.80. The third-order valence-electron chi connectivity index (χ3n) is 6.01. The molecule has 6 heteroatoms. The minimum atomic E-state index is 0.0429. The van der Waals surface area contributed by atoms with E-state index < -0.39 is 0 Å². The second-order valence-electron chi connectivity index (χ2n) is 7.85. The molecule has 1 aliphatic rings. The summed E-state index contributed by atoms with van der Waals surface area (Å²) in [5, 5.41) is 7.85. The van der Waals surface area contributed by atoms with Gasteiger partial charge in [-0.15, -0.1) is 0 Å². The van der Waals surface area contributed by atoms with Crippen LogP contribution in [0.15, 0.2) is 60.8 Å². The fourth-order valence-corrected chi connectivity index (χ4v) is 4.54. The van der Waals surface area contributed by atoms with Gasteiger partial charge in [0.05, 0.1) is 17.8 Å². The van der Waals surface area contributed by atoms with Crippen LogP contribution in [0.1, 0.15) is 41.1 Å². The molecule has 0 unspecified atom stereocenters. The van der Waals surface area contributed by atoms with Gasteiger partial charge >= 0.3 is 0 Å². The van der Waals surface area contributed by atoms with Crippen LogP contribution in [-0.2, 0) is 7.05 Å². The van der Waals surface area contributed by atoms with Crippen molar-refractivity contribution in [2.24, 2.45) is 7.05 Å². The Morgan fingerprint density at radius 2 is 1.87 bits per heavy atom. The molecule has 5 nitrogen and oxygen atoms in total. The quantitative estimate of drug-likeness (QED) is 0.436. The monoisotopic (exact) mass is 419 g/mol. The fraction of sp³-hybridized carbons (Fsp3) is 0.333. The number of pyridine rings is 1. The highest BCUT2D eigenvalue weighted by Crippen LogP contribution is 2.40. The molecule has 0 spiro atoms. The average Bonchev–Trinajstić information content (AvgIpc) is 3.23. The maximum Gasteiger partial charge on any atom is 0.170 e. The summed E-state index contributed by atoms with van der Waals surface area (Å²) in [6.07, 6.45) is 2.85. The van der Waals surface area contributed by atoms with E-state index in [1.165, 1.54) is 17.0 Å². The van der Waals surface area contributed by atoms with Crippen molar-refractivity contribution >= 4 is 23.0 Å². The second kappa shape index (κ2) is 8.88. The lowest BCUT2D eigenvalue weighted by atomic mass is 9.96. The van der Waals surface area contributed by atoms with Gasteiger partial charge in [-0.3, -0.25) is 4.98 Å². The van der Waals surface area contributed by atoms with E-state index in [0.29, 0.717) is 0 Å². The van der Waals surface area contributed by atoms with E-state index >= 15 is 0 Å². The number of hydrogen-bond acceptors (Lipinski definition) is 3. The lowest BCUT2D eigenvalue weighted by molar-refractivity contribution is 0.315. The van der Waals surface area contributed by atoms with Gasteiger partial charge in [-0.05, 0) is 68.4 Å². The molecule has 2 aromatic heterocycles. The predicted octanol–water partition coefficient (Wildman–Crippen LogP) is 4.51. The fourth-order valence-electron chi connectivity index (χ4n) is 4.21. The van der Waals surface area contributed by atoms with Crippen molar-refractivity contribution in [1.29, 1.82) is 0 Å². The molecule has 0 aliphatic carbocycles. The lowest BCUT2D eigenvalue weighted by Crippen LogP contribution is -2.31. The predicted molar refractivity (Wildman–Crippen MR) is 127 cm³/mol. The molecule has 30 heavy (non-hydrogen) atoms. The van der Waals surface area contributed by atoms with Gasteiger partial charge in [-0.25, -0.2) is 0 Å². The molecule has 156 valence electrons. The number of rotatable bonds is 7. The van der Waals surface area contributed by atoms with Crippen LogP contribution in [0.25, 0.3) is 0 Å². The van der Waals surface area contributed by atoms with Crippen LogP contribution in [0.5, 0.6) is 0 Å². The Kier molecular flexibility index (Phi) is 6.04. The molecule has 3 aromatic rings. The third kappa shape index (κ3) is 4.05. The Bertz CT molecular complexity index is 999. The molecule has 0 radical (unpaired) electrons. The third-order valence-corrected chi connectivity index (χ3v) is 6.36. The number of benzene rings is 1. The standard InChI is InChI=1S/C24H29N5S/c1-17-16-20(18(2)28(17)3)23-22(21-12-7-8-13-26-21)27-24(30)29(23)15-9-14-25-19-10-5-4-6-11-19/h4-8,10-13,16,22-23,25H,9,14-15H2,1-3H3,(H,27,30)/t22-,23+/m0/s1. The molecule has 3 heterocycles. The molecule has 1 saturated heterocycles. The largest absolute Gasteiger partial charge is 0.385 e. The molecule has 0 bridgehead atoms. The second-order valence-corrected chi connectivity index (χ2v) is 8.24. The van der Waals surface area contributed by atoms with E-state index in [2.05, 4.69) is 82.4 Å². The van der Waals surface area contributed by atoms with Crippen LogP contribution in [0.3, 0.4) is 0 Å². The molecule has 4 rings (SSSR count). The van der Waals surface area contributed by atoms with Gasteiger partial charge in [-0.1, -0.05) is 24.3 Å². The number of para-hydroxylation sites is 1. The molecule has 1 aliphatic heterocycles. The molecular weight excluding hydrogens is 390 g/mol. The van der Waals surface area contributed by atoms with Crippen LogP contribution in [0.2, 0.25) is 0 Å². The number of nitrogens with one attached hydrogen (secondary N) is 2. The van der Waals surface area contributed by atoms with Crippen LogP contribution in [0.4, 0.5) is 5.69 Å². The van der Waals surface area contributed by atoms with Crippen molar-refractivity contribution in [2.45, 2.75) is 32.4 Å². The van der Waals surface area contributed by atoms with Gasteiger partial charge in [0.1, 0.15) is 0 Å². The number of aryl methyl sites for hydroxylation is 1. The van der Waals surface area contributed by atoms with Gasteiger partial charge in [-0.2, -0.15) is 0 Å². The zero-order valence-corrected chi connectivity index (χ0v) is 18.6. The lowest BCUT2D eigenvalue weighted by Gasteiger charge is -2.28. The van der Waals surface area contributed by atoms with Crippen molar-refractivity contribution in [3.63, 3.8) is 0 Å². The van der Waals surface area contributed by atoms with E-state index in [0.717, 1.165) is 36.0 Å². The summed E-state index contributed by atoms with van der Waals surface area (Å²) < 4.78 is 2.25. The maximum absolute atomic E-state index is 5.78. The van der Waals surface area contributed by atoms with Crippen molar-refractivity contribution in [3.05, 3.63) is 83.4 Å². The summed E-state index contributed by atoms with van der Waals surface area (Å²) in [6.45, 7) is 6.12. The SMILES string of the molecule is Cc1cc([C@@H]2[C@H](c3ccccn3)NC(=S)N2CCCNc2ccccc2)c(C)n1C. The number of nitrogens with zero attached hydrogens (tertiary/aromatic N) is 3. The molecule has 0 amide bonds. The molecular formula is C24H29N5S. The first-order chi connectivity index (χ1) is 14.6. The minimum Gasteiger partial charge on any atom is -0.385 e. The normalized spacial score (nSPS) is 18.5. The number of thiocarbonyl (C=S) groups is 1. The first kappa shape index (κ1) is 20.4. The summed E-state index contributed by atoms with van der Waals surface area (Å²) in [7, 11) is 2.12. The first-order valence-electron chi connectivity index (χ1n) is 10.5. The summed E-state index contributed by atoms with van der Waals surface area (Å²) in [6, 6.07) is 18.9. The molecule has 2 N–H and O–H groups in total. The Hall–Kier alpha value is -2.86. The molecule has 1 aromatic carbocycles.